The fourth-order valence-electron chi connectivity index (χ4n) is 1.75. The maximum absolute atomic E-state index is 4.28. The molecule has 1 N–H and O–H groups in total. The first-order valence-corrected chi connectivity index (χ1v) is 6.12. The minimum Gasteiger partial charge on any atom is -0.378 e. The van der Waals surface area contributed by atoms with Gasteiger partial charge in [0.15, 0.2) is 0 Å². The van der Waals surface area contributed by atoms with E-state index < -0.39 is 0 Å². The summed E-state index contributed by atoms with van der Waals surface area (Å²) in [5.74, 6) is 0. The number of hydrogen-bond acceptors (Lipinski definition) is 3. The summed E-state index contributed by atoms with van der Waals surface area (Å²) in [4.78, 5) is 6.38. The van der Waals surface area contributed by atoms with Crippen molar-refractivity contribution in [2.75, 3.05) is 19.0 Å². The summed E-state index contributed by atoms with van der Waals surface area (Å²) in [7, 11) is 4.10. The minimum atomic E-state index is 0. The number of benzene rings is 1. The van der Waals surface area contributed by atoms with Crippen molar-refractivity contribution in [3.05, 3.63) is 59.9 Å². The molecule has 102 valence electrons. The van der Waals surface area contributed by atoms with Crippen LogP contribution in [0.1, 0.15) is 11.3 Å². The Kier molecular flexibility index (Phi) is 6.33. The summed E-state index contributed by atoms with van der Waals surface area (Å²) < 4.78 is 0. The first-order chi connectivity index (χ1) is 8.75. The Morgan fingerprint density at radius 3 is 2.32 bits per heavy atom. The van der Waals surface area contributed by atoms with Crippen LogP contribution in [0, 0.1) is 0 Å². The number of rotatable bonds is 5. The molecule has 1 heterocycles. The molecule has 4 heteroatoms. The molecule has 2 aromatic rings. The van der Waals surface area contributed by atoms with Gasteiger partial charge in [-0.05, 0) is 29.8 Å². The van der Waals surface area contributed by atoms with E-state index in [9.17, 15) is 0 Å². The monoisotopic (exact) mass is 277 g/mol. The van der Waals surface area contributed by atoms with Gasteiger partial charge in [-0.15, -0.1) is 12.4 Å². The molecule has 0 unspecified atom stereocenters. The zero-order chi connectivity index (χ0) is 12.8. The topological polar surface area (TPSA) is 28.2 Å². The van der Waals surface area contributed by atoms with Crippen LogP contribution in [0.15, 0.2) is 48.7 Å². The zero-order valence-electron chi connectivity index (χ0n) is 11.3. The summed E-state index contributed by atoms with van der Waals surface area (Å²) in [6, 6.07) is 14.6. The lowest BCUT2D eigenvalue weighted by Crippen LogP contribution is -2.14. The Labute approximate surface area is 121 Å². The van der Waals surface area contributed by atoms with E-state index in [2.05, 4.69) is 39.5 Å². The van der Waals surface area contributed by atoms with Crippen LogP contribution in [-0.4, -0.2) is 19.1 Å². The third-order valence-corrected chi connectivity index (χ3v) is 2.81. The normalized spacial score (nSPS) is 9.79. The maximum atomic E-state index is 4.28. The van der Waals surface area contributed by atoms with Crippen LogP contribution in [0.3, 0.4) is 0 Å². The number of halogens is 1. The first-order valence-electron chi connectivity index (χ1n) is 6.12. The van der Waals surface area contributed by atoms with E-state index in [4.69, 9.17) is 0 Å². The van der Waals surface area contributed by atoms with Crippen LogP contribution in [0.2, 0.25) is 0 Å². The molecule has 0 fully saturated rings. The molecule has 0 amide bonds. The quantitative estimate of drug-likeness (QED) is 0.911. The summed E-state index contributed by atoms with van der Waals surface area (Å²) in [6.07, 6.45) is 1.82. The van der Waals surface area contributed by atoms with E-state index in [1.54, 1.807) is 0 Å². The third kappa shape index (κ3) is 4.89. The van der Waals surface area contributed by atoms with Gasteiger partial charge < -0.3 is 10.2 Å². The summed E-state index contributed by atoms with van der Waals surface area (Å²) in [5.41, 5.74) is 3.59. The SMILES string of the molecule is CN(C)c1ccc(CNCc2ccccn2)cc1.Cl. The summed E-state index contributed by atoms with van der Waals surface area (Å²) in [6.45, 7) is 1.67. The maximum Gasteiger partial charge on any atom is 0.0541 e. The van der Waals surface area contributed by atoms with E-state index in [1.165, 1.54) is 11.3 Å². The van der Waals surface area contributed by atoms with E-state index in [1.807, 2.05) is 38.5 Å². The number of aromatic nitrogens is 1. The van der Waals surface area contributed by atoms with Gasteiger partial charge in [0.25, 0.3) is 0 Å². The molecular formula is C15H20ClN3. The smallest absolute Gasteiger partial charge is 0.0541 e. The van der Waals surface area contributed by atoms with Crippen molar-refractivity contribution in [3.8, 4) is 0 Å². The fraction of sp³-hybridized carbons (Fsp3) is 0.267. The van der Waals surface area contributed by atoms with Crippen LogP contribution in [0.5, 0.6) is 0 Å². The highest BCUT2D eigenvalue weighted by molar-refractivity contribution is 5.85. The van der Waals surface area contributed by atoms with E-state index in [-0.39, 0.29) is 12.4 Å². The van der Waals surface area contributed by atoms with Crippen molar-refractivity contribution in [3.63, 3.8) is 0 Å². The second-order valence-corrected chi connectivity index (χ2v) is 4.49. The van der Waals surface area contributed by atoms with Gasteiger partial charge in [0.1, 0.15) is 0 Å². The van der Waals surface area contributed by atoms with Crippen LogP contribution in [0.4, 0.5) is 5.69 Å². The van der Waals surface area contributed by atoms with Crippen molar-refractivity contribution in [2.24, 2.45) is 0 Å². The van der Waals surface area contributed by atoms with Crippen molar-refractivity contribution >= 4 is 18.1 Å². The third-order valence-electron chi connectivity index (χ3n) is 2.81. The van der Waals surface area contributed by atoms with Gasteiger partial charge in [0.2, 0.25) is 0 Å². The molecule has 0 saturated carbocycles. The molecule has 0 aliphatic heterocycles. The number of anilines is 1. The number of nitrogens with zero attached hydrogens (tertiary/aromatic N) is 2. The Hall–Kier alpha value is -1.58. The lowest BCUT2D eigenvalue weighted by molar-refractivity contribution is 0.680. The van der Waals surface area contributed by atoms with Crippen molar-refractivity contribution < 1.29 is 0 Å². The predicted molar refractivity (Wildman–Crippen MR) is 82.8 cm³/mol. The Balaban J connectivity index is 0.00000180. The molecule has 0 aliphatic carbocycles. The molecule has 0 saturated heterocycles. The summed E-state index contributed by atoms with van der Waals surface area (Å²) >= 11 is 0. The van der Waals surface area contributed by atoms with E-state index in [0.29, 0.717) is 0 Å². The number of hydrogen-bond donors (Lipinski definition) is 1. The number of nitrogens with one attached hydrogen (secondary N) is 1. The Bertz CT molecular complexity index is 469. The number of pyridine rings is 1. The van der Waals surface area contributed by atoms with Gasteiger partial charge >= 0.3 is 0 Å². The predicted octanol–water partition coefficient (Wildman–Crippen LogP) is 2.86. The van der Waals surface area contributed by atoms with Crippen molar-refractivity contribution in [2.45, 2.75) is 13.1 Å². The molecule has 0 atom stereocenters. The van der Waals surface area contributed by atoms with Gasteiger partial charge in [-0.3, -0.25) is 4.98 Å². The average molecular weight is 278 g/mol. The van der Waals surface area contributed by atoms with Crippen LogP contribution >= 0.6 is 12.4 Å². The second kappa shape index (κ2) is 7.77. The van der Waals surface area contributed by atoms with Crippen LogP contribution in [0.25, 0.3) is 0 Å². The van der Waals surface area contributed by atoms with Crippen LogP contribution < -0.4 is 10.2 Å². The molecule has 19 heavy (non-hydrogen) atoms. The molecule has 0 bridgehead atoms. The standard InChI is InChI=1S/C15H19N3.ClH/c1-18(2)15-8-6-13(7-9-15)11-16-12-14-5-3-4-10-17-14;/h3-10,16H,11-12H2,1-2H3;1H. The molecule has 1 aromatic heterocycles. The van der Waals surface area contributed by atoms with Crippen LogP contribution in [-0.2, 0) is 13.1 Å². The van der Waals surface area contributed by atoms with Gasteiger partial charge in [-0.2, -0.15) is 0 Å². The van der Waals surface area contributed by atoms with Crippen molar-refractivity contribution in [1.82, 2.24) is 10.3 Å². The second-order valence-electron chi connectivity index (χ2n) is 4.49. The molecule has 1 aromatic carbocycles. The lowest BCUT2D eigenvalue weighted by Gasteiger charge is -2.12. The Morgan fingerprint density at radius 2 is 1.74 bits per heavy atom. The van der Waals surface area contributed by atoms with Gasteiger partial charge in [-0.25, -0.2) is 0 Å². The highest BCUT2D eigenvalue weighted by Gasteiger charge is 1.97. The highest BCUT2D eigenvalue weighted by atomic mass is 35.5. The molecule has 3 nitrogen and oxygen atoms in total. The molecule has 0 aliphatic rings. The molecule has 0 radical (unpaired) electrons. The fourth-order valence-corrected chi connectivity index (χ4v) is 1.75. The molecular weight excluding hydrogens is 258 g/mol. The van der Waals surface area contributed by atoms with Crippen molar-refractivity contribution in [1.29, 1.82) is 0 Å². The first kappa shape index (κ1) is 15.5. The minimum absolute atomic E-state index is 0. The lowest BCUT2D eigenvalue weighted by atomic mass is 10.2. The van der Waals surface area contributed by atoms with Gasteiger partial charge in [0, 0.05) is 39.1 Å². The zero-order valence-corrected chi connectivity index (χ0v) is 12.2. The molecule has 0 spiro atoms. The van der Waals surface area contributed by atoms with E-state index >= 15 is 0 Å². The highest BCUT2D eigenvalue weighted by Crippen LogP contribution is 2.12. The van der Waals surface area contributed by atoms with Gasteiger partial charge in [0.05, 0.1) is 5.69 Å². The molecule has 2 rings (SSSR count). The van der Waals surface area contributed by atoms with Gasteiger partial charge in [-0.1, -0.05) is 18.2 Å². The summed E-state index contributed by atoms with van der Waals surface area (Å²) in [5, 5.41) is 3.39. The van der Waals surface area contributed by atoms with E-state index in [0.717, 1.165) is 18.8 Å². The Morgan fingerprint density at radius 1 is 1.00 bits per heavy atom. The largest absolute Gasteiger partial charge is 0.378 e. The average Bonchev–Trinajstić information content (AvgIpc) is 2.40.